The van der Waals surface area contributed by atoms with E-state index in [1.807, 2.05) is 0 Å². The zero-order valence-corrected chi connectivity index (χ0v) is 22.0. The topological polar surface area (TPSA) is 710 Å². The monoisotopic (exact) mass is 642 g/mol. The van der Waals surface area contributed by atoms with Crippen molar-refractivity contribution in [2.24, 2.45) is 0 Å². The molecular weight excluding hydrogens is 599 g/mol. The van der Waals surface area contributed by atoms with Crippen molar-refractivity contribution in [2.45, 2.75) is 0 Å². The summed E-state index contributed by atoms with van der Waals surface area (Å²) in [6.45, 7) is 0. The van der Waals surface area contributed by atoms with E-state index in [0.717, 1.165) is 0 Å². The van der Waals surface area contributed by atoms with Gasteiger partial charge in [-0.1, -0.05) is 0 Å². The Labute approximate surface area is 193 Å². The van der Waals surface area contributed by atoms with Gasteiger partial charge in [0.05, 0.1) is 0 Å². The van der Waals surface area contributed by atoms with Gasteiger partial charge >= 0.3 is 32.7 Å². The average molecular weight is 642 g/mol. The van der Waals surface area contributed by atoms with Crippen molar-refractivity contribution < 1.29 is 92.2 Å². The molecule has 0 saturated heterocycles. The van der Waals surface area contributed by atoms with Gasteiger partial charge in [0.15, 0.2) is 0 Å². The Morgan fingerprint density at radius 3 is 0.500 bits per heavy atom. The van der Waals surface area contributed by atoms with E-state index in [9.17, 15) is 14.0 Å². The normalized spacial score (nSPS) is 10.3. The van der Waals surface area contributed by atoms with Crippen LogP contribution >= 0.6 is 39.1 Å². The molecule has 0 amide bonds. The van der Waals surface area contributed by atoms with E-state index in [4.69, 9.17) is 72.4 Å². The van der Waals surface area contributed by atoms with Crippen LogP contribution in [0.15, 0.2) is 0 Å². The van der Waals surface area contributed by atoms with E-state index in [-0.39, 0.29) is 62.9 Å². The lowest BCUT2D eigenvalue weighted by molar-refractivity contribution is -0.212. The quantitative estimate of drug-likeness (QED) is 0.138. The summed E-state index contributed by atoms with van der Waals surface area (Å²) in [7, 11) is -24.3. The van der Waals surface area contributed by atoms with Crippen LogP contribution in [-0.4, -0.2) is 58.7 Å². The number of phosphoric acid groups is 5. The highest BCUT2D eigenvalue weighted by Crippen LogP contribution is 2.51. The van der Waals surface area contributed by atoms with Gasteiger partial charge in [0, 0.05) is 0 Å². The highest BCUT2D eigenvalue weighted by Gasteiger charge is 2.20. The van der Waals surface area contributed by atoms with Gasteiger partial charge in [-0.2, -0.15) is 0 Å². The first kappa shape index (κ1) is 92.4. The minimum atomic E-state index is -5.30. The third kappa shape index (κ3) is 817. The van der Waals surface area contributed by atoms with Crippen LogP contribution in [0, 0.1) is 0 Å². The average Bonchev–Trinajstić information content (AvgIpc) is 1.80. The van der Waals surface area contributed by atoms with E-state index in [0.29, 0.717) is 0 Å². The maximum absolute atomic E-state index is 9.59. The summed E-state index contributed by atoms with van der Waals surface area (Å²) in [4.78, 5) is 97.3. The number of hydrogen-bond donors (Lipinski definition) is 22. The molecule has 0 saturated carbocycles. The number of hydrogen-bond acceptors (Lipinski definition) is 17. The second-order valence-electron chi connectivity index (χ2n) is 2.58. The Hall–Kier alpha value is 0.190. The molecule has 0 aliphatic carbocycles. The van der Waals surface area contributed by atoms with Gasteiger partial charge < -0.3 is 125 Å². The Balaban J connectivity index is -0.0000000109. The molecule has 0 spiro atoms. The lowest BCUT2D eigenvalue weighted by atomic mass is 14.0. The summed E-state index contributed by atoms with van der Waals surface area (Å²) in [5, 5.41) is 0. The molecule has 29 nitrogen and oxygen atoms in total. The van der Waals surface area contributed by atoms with Gasteiger partial charge in [0.1, 0.15) is 0 Å². The van der Waals surface area contributed by atoms with Crippen molar-refractivity contribution >= 4 is 39.1 Å². The summed E-state index contributed by atoms with van der Waals surface area (Å²) in [5.74, 6) is 0. The van der Waals surface area contributed by atoms with Crippen molar-refractivity contribution in [1.29, 1.82) is 0 Å². The fourth-order valence-electron chi connectivity index (χ4n) is 0.134. The van der Waals surface area contributed by atoms with Gasteiger partial charge in [0.25, 0.3) is 7.82 Å². The third-order valence-electron chi connectivity index (χ3n) is 0.210. The van der Waals surface area contributed by atoms with Gasteiger partial charge in [-0.3, -0.25) is 4.57 Å². The SMILES string of the molecule is N.N.N.N.N.N.N.N.N.N.O=P(O)(O)O.O=P(O)(O)O.O=P(O)(O)O.O=P([O-])(O)OP(=O)(O)O.[H+]. The lowest BCUT2D eigenvalue weighted by Gasteiger charge is -2.14. The van der Waals surface area contributed by atoms with Crippen LogP contribution in [0.4, 0.5) is 0 Å². The van der Waals surface area contributed by atoms with Crippen LogP contribution in [0.3, 0.4) is 0 Å². The summed E-state index contributed by atoms with van der Waals surface area (Å²) in [6, 6.07) is 0. The summed E-state index contributed by atoms with van der Waals surface area (Å²) in [6.07, 6.45) is 0. The van der Waals surface area contributed by atoms with Gasteiger partial charge in [-0.25, -0.2) is 22.6 Å². The van der Waals surface area contributed by atoms with E-state index >= 15 is 0 Å². The zero-order chi connectivity index (χ0) is 21.2. The molecule has 1 atom stereocenters. The Bertz CT molecular complexity index is 480. The van der Waals surface area contributed by atoms with Crippen molar-refractivity contribution in [2.75, 3.05) is 0 Å². The molecule has 0 aromatic rings. The van der Waals surface area contributed by atoms with Gasteiger partial charge in [-0.15, -0.1) is 0 Å². The number of rotatable bonds is 2. The zero-order valence-electron chi connectivity index (χ0n) is 18.5. The predicted octanol–water partition coefficient (Wildman–Crippen LogP) is -2.50. The van der Waals surface area contributed by atoms with Crippen molar-refractivity contribution in [3.8, 4) is 0 Å². The van der Waals surface area contributed by atoms with E-state index in [1.165, 1.54) is 0 Å². The smallest absolute Gasteiger partial charge is 0.756 e. The summed E-state index contributed by atoms with van der Waals surface area (Å²) >= 11 is 0. The molecule has 232 valence electrons. The fraction of sp³-hybridized carbons (Fsp3) is 0. The fourth-order valence-corrected chi connectivity index (χ4v) is 1.21. The highest BCUT2D eigenvalue weighted by atomic mass is 31.3. The largest absolute Gasteiger partial charge is 1.00 e. The Morgan fingerprint density at radius 1 is 0.412 bits per heavy atom. The van der Waals surface area contributed by atoms with Gasteiger partial charge in [0.2, 0.25) is 0 Å². The molecule has 0 rings (SSSR count). The van der Waals surface area contributed by atoms with Gasteiger partial charge in [-0.05, 0) is 0 Å². The lowest BCUT2D eigenvalue weighted by Crippen LogP contribution is -2.01. The van der Waals surface area contributed by atoms with E-state index in [1.54, 1.807) is 0 Å². The molecule has 0 heterocycles. The summed E-state index contributed by atoms with van der Waals surface area (Å²) < 4.78 is 48.6. The predicted molar refractivity (Wildman–Crippen MR) is 117 cm³/mol. The molecule has 34 heavy (non-hydrogen) atoms. The molecule has 0 fully saturated rings. The van der Waals surface area contributed by atoms with Crippen LogP contribution < -0.4 is 66.4 Å². The molecule has 0 aromatic heterocycles. The van der Waals surface area contributed by atoms with Crippen molar-refractivity contribution in [3.05, 3.63) is 0 Å². The highest BCUT2D eigenvalue weighted by molar-refractivity contribution is 7.59. The van der Waals surface area contributed by atoms with Crippen molar-refractivity contribution in [3.63, 3.8) is 0 Å². The van der Waals surface area contributed by atoms with E-state index in [2.05, 4.69) is 4.31 Å². The second-order valence-corrected chi connectivity index (χ2v) is 8.23. The Morgan fingerprint density at radius 2 is 0.500 bits per heavy atom. The maximum atomic E-state index is 9.59. The van der Waals surface area contributed by atoms with E-state index < -0.39 is 39.1 Å². The first-order chi connectivity index (χ1) is 9.71. The molecule has 1 unspecified atom stereocenters. The van der Waals surface area contributed by atoms with Crippen LogP contribution in [-0.2, 0) is 27.1 Å². The molecule has 0 aliphatic heterocycles. The van der Waals surface area contributed by atoms with Crippen LogP contribution in [0.5, 0.6) is 0 Å². The molecule has 34 heteroatoms. The van der Waals surface area contributed by atoms with Crippen molar-refractivity contribution in [1.82, 2.24) is 61.5 Å². The standard InChI is InChI=1S/10H3N.H4O7P2.3H3O4P/c;;;;;;;;;;1-8(2,3)7-9(4,5)6;3*1-5(2,3)4/h10*1H3;(H2,1,2,3)(H2,4,5,6);3*(H3,1,2,3,4). The first-order valence-electron chi connectivity index (χ1n) is 3.86. The minimum absolute atomic E-state index is 0. The van der Waals surface area contributed by atoms with Crippen LogP contribution in [0.1, 0.15) is 1.43 Å². The Kier molecular flexibility index (Phi) is 96.1. The molecule has 0 radical (unpaired) electrons. The molecule has 0 aliphatic rings. The van der Waals surface area contributed by atoms with Crippen LogP contribution in [0.25, 0.3) is 0 Å². The third-order valence-corrected chi connectivity index (χ3v) is 1.89. The first-order valence-corrected chi connectivity index (χ1v) is 11.6. The molecule has 0 bridgehead atoms. The molecular formula is H43N10O19P5. The summed E-state index contributed by atoms with van der Waals surface area (Å²) in [5.41, 5.74) is 0. The second kappa shape index (κ2) is 35.4. The minimum Gasteiger partial charge on any atom is -0.756 e. The molecule has 0 aromatic carbocycles. The van der Waals surface area contributed by atoms with Crippen LogP contribution in [0.2, 0.25) is 0 Å². The molecule has 42 N–H and O–H groups in total. The maximum Gasteiger partial charge on any atom is 1.00 e.